The van der Waals surface area contributed by atoms with Crippen LogP contribution in [0.3, 0.4) is 0 Å². The zero-order valence-corrected chi connectivity index (χ0v) is 21.9. The standard InChI is InChI=1S/C19H20F2N4O3.C5H11NOS/c1-10(19(3,4)27)25-16-5-12(9-26)22-7-14(16)18(24-25)13-6-17(28-11(2)20)23-8-15(13)21;1-5(6-2)3-8(7)4-5/h5-11,27H,1-4H3;6H,3-4H2,1-2H3. The van der Waals surface area contributed by atoms with E-state index in [2.05, 4.69) is 27.3 Å². The Morgan fingerprint density at radius 1 is 1.28 bits per heavy atom. The number of alkyl halides is 1. The molecule has 1 saturated heterocycles. The molecule has 12 heteroatoms. The molecule has 0 saturated carbocycles. The van der Waals surface area contributed by atoms with Gasteiger partial charge in [-0.1, -0.05) is 0 Å². The number of carbonyl (C=O) groups is 1. The molecule has 2 N–H and O–H groups in total. The van der Waals surface area contributed by atoms with E-state index in [9.17, 15) is 22.9 Å². The lowest BCUT2D eigenvalue weighted by molar-refractivity contribution is 0.0276. The van der Waals surface area contributed by atoms with Crippen molar-refractivity contribution in [1.82, 2.24) is 25.1 Å². The van der Waals surface area contributed by atoms with Gasteiger partial charge < -0.3 is 15.2 Å². The van der Waals surface area contributed by atoms with Crippen molar-refractivity contribution in [3.63, 3.8) is 0 Å². The largest absolute Gasteiger partial charge is 0.444 e. The minimum absolute atomic E-state index is 0.0398. The van der Waals surface area contributed by atoms with Crippen molar-refractivity contribution in [2.75, 3.05) is 18.6 Å². The maximum absolute atomic E-state index is 14.5. The van der Waals surface area contributed by atoms with Crippen LogP contribution in [-0.2, 0) is 10.8 Å². The Bertz CT molecular complexity index is 1270. The molecule has 0 aromatic carbocycles. The number of halogens is 2. The van der Waals surface area contributed by atoms with Gasteiger partial charge in [0.1, 0.15) is 11.4 Å². The number of fused-ring (bicyclic) bond motifs is 1. The van der Waals surface area contributed by atoms with Crippen molar-refractivity contribution in [3.8, 4) is 17.1 Å². The second-order valence-corrected chi connectivity index (χ2v) is 11.0. The number of nitrogens with zero attached hydrogens (tertiary/aromatic N) is 4. The van der Waals surface area contributed by atoms with E-state index in [0.717, 1.165) is 17.7 Å². The molecule has 4 heterocycles. The molecule has 2 unspecified atom stereocenters. The summed E-state index contributed by atoms with van der Waals surface area (Å²) in [6.07, 6.45) is 1.30. The summed E-state index contributed by atoms with van der Waals surface area (Å²) in [6, 6.07) is 2.26. The van der Waals surface area contributed by atoms with Gasteiger partial charge in [-0.25, -0.2) is 13.8 Å². The van der Waals surface area contributed by atoms with Crippen LogP contribution < -0.4 is 10.1 Å². The molecule has 2 atom stereocenters. The lowest BCUT2D eigenvalue weighted by Gasteiger charge is -2.36. The highest BCUT2D eigenvalue weighted by Crippen LogP contribution is 2.34. The molecule has 1 fully saturated rings. The zero-order valence-electron chi connectivity index (χ0n) is 21.1. The highest BCUT2D eigenvalue weighted by atomic mass is 32.2. The van der Waals surface area contributed by atoms with Crippen LogP contribution in [0.2, 0.25) is 0 Å². The number of carbonyl (C=O) groups excluding carboxylic acids is 1. The van der Waals surface area contributed by atoms with Crippen LogP contribution in [0.5, 0.6) is 5.88 Å². The number of rotatable bonds is 7. The van der Waals surface area contributed by atoms with Crippen molar-refractivity contribution >= 4 is 28.0 Å². The van der Waals surface area contributed by atoms with E-state index in [1.54, 1.807) is 20.8 Å². The van der Waals surface area contributed by atoms with Gasteiger partial charge in [-0.15, -0.1) is 0 Å². The maximum atomic E-state index is 14.5. The fraction of sp³-hybridized carbons (Fsp3) is 0.500. The molecule has 196 valence electrons. The van der Waals surface area contributed by atoms with Gasteiger partial charge in [-0.2, -0.15) is 5.10 Å². The monoisotopic (exact) mass is 523 g/mol. The van der Waals surface area contributed by atoms with Crippen LogP contribution in [0.15, 0.2) is 24.5 Å². The number of aliphatic hydroxyl groups is 1. The first-order chi connectivity index (χ1) is 16.8. The van der Waals surface area contributed by atoms with E-state index >= 15 is 0 Å². The summed E-state index contributed by atoms with van der Waals surface area (Å²) in [5.41, 5.74) is -0.0290. The molecule has 1 aliphatic heterocycles. The molecule has 1 aliphatic rings. The number of ether oxygens (including phenoxy) is 1. The van der Waals surface area contributed by atoms with Crippen LogP contribution in [0.25, 0.3) is 22.2 Å². The third kappa shape index (κ3) is 6.11. The summed E-state index contributed by atoms with van der Waals surface area (Å²) in [4.78, 5) is 18.9. The zero-order chi connectivity index (χ0) is 26.8. The van der Waals surface area contributed by atoms with Crippen molar-refractivity contribution in [1.29, 1.82) is 0 Å². The summed E-state index contributed by atoms with van der Waals surface area (Å²) in [5.74, 6) is 0.871. The molecule has 3 aromatic rings. The number of pyridine rings is 2. The van der Waals surface area contributed by atoms with Crippen molar-refractivity contribution in [2.45, 2.75) is 58.2 Å². The first-order valence-corrected chi connectivity index (χ1v) is 12.8. The Morgan fingerprint density at radius 3 is 2.44 bits per heavy atom. The molecular weight excluding hydrogens is 492 g/mol. The molecule has 4 rings (SSSR count). The molecule has 0 radical (unpaired) electrons. The van der Waals surface area contributed by atoms with E-state index < -0.39 is 34.6 Å². The Kier molecular flexibility index (Phi) is 8.21. The van der Waals surface area contributed by atoms with E-state index in [1.807, 2.05) is 7.05 Å². The summed E-state index contributed by atoms with van der Waals surface area (Å²) < 4.78 is 44.6. The van der Waals surface area contributed by atoms with Gasteiger partial charge >= 0.3 is 0 Å². The highest BCUT2D eigenvalue weighted by Gasteiger charge is 2.36. The van der Waals surface area contributed by atoms with Crippen LogP contribution in [0, 0.1) is 5.82 Å². The quantitative estimate of drug-likeness (QED) is 0.453. The average Bonchev–Trinajstić information content (AvgIpc) is 3.16. The van der Waals surface area contributed by atoms with Crippen LogP contribution in [-0.4, -0.2) is 71.4 Å². The average molecular weight is 524 g/mol. The van der Waals surface area contributed by atoms with E-state index in [0.29, 0.717) is 17.2 Å². The van der Waals surface area contributed by atoms with Gasteiger partial charge in [-0.3, -0.25) is 18.7 Å². The Balaban J connectivity index is 0.000000383. The molecule has 0 aliphatic carbocycles. The first kappa shape index (κ1) is 27.8. The predicted molar refractivity (Wildman–Crippen MR) is 134 cm³/mol. The van der Waals surface area contributed by atoms with Gasteiger partial charge in [0, 0.05) is 58.0 Å². The minimum Gasteiger partial charge on any atom is -0.444 e. The topological polar surface area (TPSA) is 119 Å². The molecule has 36 heavy (non-hydrogen) atoms. The number of hydrogen-bond donors (Lipinski definition) is 2. The highest BCUT2D eigenvalue weighted by molar-refractivity contribution is 7.86. The van der Waals surface area contributed by atoms with Crippen LogP contribution in [0.1, 0.15) is 51.1 Å². The summed E-state index contributed by atoms with van der Waals surface area (Å²) >= 11 is 0. The number of aldehydes is 1. The smallest absolute Gasteiger partial charge is 0.237 e. The van der Waals surface area contributed by atoms with Gasteiger partial charge in [0.2, 0.25) is 12.2 Å². The van der Waals surface area contributed by atoms with Crippen LogP contribution in [0.4, 0.5) is 8.78 Å². The lowest BCUT2D eigenvalue weighted by Crippen LogP contribution is -2.58. The van der Waals surface area contributed by atoms with E-state index in [4.69, 9.17) is 4.74 Å². The van der Waals surface area contributed by atoms with Gasteiger partial charge in [0.25, 0.3) is 0 Å². The third-order valence-corrected chi connectivity index (χ3v) is 7.97. The SMILES string of the molecule is CC(F)Oc1cc(-c2nn(C(C)C(C)(C)O)c3cc(C=O)ncc23)c(F)cn1.CNC1(C)CS(=O)C1. The number of hydrogen-bond acceptors (Lipinski definition) is 8. The van der Waals surface area contributed by atoms with Crippen molar-refractivity contribution in [3.05, 3.63) is 36.0 Å². The van der Waals surface area contributed by atoms with Gasteiger partial charge in [0.15, 0.2) is 12.1 Å². The third-order valence-electron chi connectivity index (χ3n) is 6.05. The number of aromatic nitrogens is 4. The predicted octanol–water partition coefficient (Wildman–Crippen LogP) is 3.20. The summed E-state index contributed by atoms with van der Waals surface area (Å²) in [5, 5.41) is 18.5. The van der Waals surface area contributed by atoms with Crippen molar-refractivity contribution < 1.29 is 27.6 Å². The first-order valence-electron chi connectivity index (χ1n) is 11.3. The second-order valence-electron chi connectivity index (χ2n) is 9.57. The van der Waals surface area contributed by atoms with Crippen molar-refractivity contribution in [2.24, 2.45) is 0 Å². The van der Waals surface area contributed by atoms with Gasteiger partial charge in [0.05, 0.1) is 23.4 Å². The van der Waals surface area contributed by atoms with E-state index in [-0.39, 0.29) is 28.4 Å². The molecule has 0 spiro atoms. The van der Waals surface area contributed by atoms with Gasteiger partial charge in [-0.05, 0) is 40.8 Å². The van der Waals surface area contributed by atoms with E-state index in [1.165, 1.54) is 29.9 Å². The molecule has 3 aromatic heterocycles. The summed E-state index contributed by atoms with van der Waals surface area (Å²) in [6.45, 7) is 8.27. The maximum Gasteiger partial charge on any atom is 0.237 e. The van der Waals surface area contributed by atoms with Crippen LogP contribution >= 0.6 is 0 Å². The normalized spacial score (nSPS) is 21.2. The molecular formula is C24H31F2N5O4S. The fourth-order valence-corrected chi connectivity index (χ4v) is 5.18. The minimum atomic E-state index is -1.62. The Hall–Kier alpha value is -2.83. The summed E-state index contributed by atoms with van der Waals surface area (Å²) in [7, 11) is 1.39. The Morgan fingerprint density at radius 2 is 1.94 bits per heavy atom. The second kappa shape index (κ2) is 10.7. The Labute approximate surface area is 210 Å². The molecule has 0 amide bonds. The number of nitrogens with one attached hydrogen (secondary N) is 1. The fourth-order valence-electron chi connectivity index (χ4n) is 3.55. The molecule has 9 nitrogen and oxygen atoms in total. The lowest BCUT2D eigenvalue weighted by atomic mass is 10.0. The molecule has 0 bridgehead atoms.